The van der Waals surface area contributed by atoms with Gasteiger partial charge in [-0.2, -0.15) is 4.99 Å². The van der Waals surface area contributed by atoms with Gasteiger partial charge in [-0.15, -0.1) is 0 Å². The molecule has 7 heteroatoms. The van der Waals surface area contributed by atoms with Gasteiger partial charge in [0.1, 0.15) is 23.3 Å². The standard InChI is InChI=1S/C29H25F4NOS/c1-2-3-20-6-9-27(35-17-20)29(11-10-19-4-7-24(8-5-19)34-18-36)15-25(32)28(26(33)16-29)21-12-22(30)14-23(31)13-21/h4-5,7-8,12-15,20,27H,2-3,6,9,16-17H2,1H3. The van der Waals surface area contributed by atoms with Crippen molar-refractivity contribution in [1.29, 1.82) is 0 Å². The van der Waals surface area contributed by atoms with Gasteiger partial charge in [-0.1, -0.05) is 25.2 Å². The Morgan fingerprint density at radius 2 is 1.78 bits per heavy atom. The van der Waals surface area contributed by atoms with E-state index in [0.29, 0.717) is 36.3 Å². The lowest BCUT2D eigenvalue weighted by molar-refractivity contribution is -0.0582. The molecule has 1 saturated heterocycles. The molecule has 2 nitrogen and oxygen atoms in total. The predicted octanol–water partition coefficient (Wildman–Crippen LogP) is 8.27. The summed E-state index contributed by atoms with van der Waals surface area (Å²) in [6.45, 7) is 2.60. The average molecular weight is 512 g/mol. The summed E-state index contributed by atoms with van der Waals surface area (Å²) in [5.74, 6) is 2.97. The summed E-state index contributed by atoms with van der Waals surface area (Å²) >= 11 is 4.61. The number of hydrogen-bond donors (Lipinski definition) is 0. The third-order valence-electron chi connectivity index (χ3n) is 6.62. The zero-order valence-corrected chi connectivity index (χ0v) is 20.6. The van der Waals surface area contributed by atoms with Gasteiger partial charge >= 0.3 is 0 Å². The fourth-order valence-corrected chi connectivity index (χ4v) is 5.00. The smallest absolute Gasteiger partial charge is 0.131 e. The molecule has 0 spiro atoms. The van der Waals surface area contributed by atoms with Crippen LogP contribution in [0.2, 0.25) is 0 Å². The maximum atomic E-state index is 15.6. The highest BCUT2D eigenvalue weighted by Gasteiger charge is 2.44. The number of hydrogen-bond acceptors (Lipinski definition) is 3. The third kappa shape index (κ3) is 5.84. The quantitative estimate of drug-likeness (QED) is 0.174. The van der Waals surface area contributed by atoms with Gasteiger partial charge in [0.05, 0.1) is 22.4 Å². The molecule has 36 heavy (non-hydrogen) atoms. The van der Waals surface area contributed by atoms with Gasteiger partial charge in [0, 0.05) is 30.2 Å². The number of rotatable bonds is 5. The van der Waals surface area contributed by atoms with Crippen LogP contribution < -0.4 is 0 Å². The Labute approximate surface area is 213 Å². The summed E-state index contributed by atoms with van der Waals surface area (Å²) in [5.41, 5.74) is -0.664. The molecule has 1 aliphatic heterocycles. The monoisotopic (exact) mass is 511 g/mol. The van der Waals surface area contributed by atoms with Crippen molar-refractivity contribution in [2.24, 2.45) is 16.3 Å². The molecule has 3 atom stereocenters. The molecule has 2 aromatic carbocycles. The SMILES string of the molecule is CCCC1CCC(C2(C#Cc3ccc(N=C=S)cc3)C=C(F)C(c3cc(F)cc(F)c3)=C(F)C2)OC1. The largest absolute Gasteiger partial charge is 0.376 e. The van der Waals surface area contributed by atoms with Crippen LogP contribution in [0.1, 0.15) is 50.2 Å². The topological polar surface area (TPSA) is 21.6 Å². The highest BCUT2D eigenvalue weighted by molar-refractivity contribution is 7.78. The maximum Gasteiger partial charge on any atom is 0.131 e. The number of aliphatic imine (C=N–C) groups is 1. The Morgan fingerprint density at radius 1 is 1.06 bits per heavy atom. The number of nitrogens with zero attached hydrogens (tertiary/aromatic N) is 1. The van der Waals surface area contributed by atoms with Gasteiger partial charge in [0.15, 0.2) is 0 Å². The minimum Gasteiger partial charge on any atom is -0.376 e. The van der Waals surface area contributed by atoms with Gasteiger partial charge in [0.25, 0.3) is 0 Å². The van der Waals surface area contributed by atoms with E-state index in [9.17, 15) is 8.78 Å². The van der Waals surface area contributed by atoms with Crippen LogP contribution in [0.25, 0.3) is 5.57 Å². The first kappa shape index (κ1) is 26.0. The molecule has 0 aromatic heterocycles. The van der Waals surface area contributed by atoms with Crippen molar-refractivity contribution in [1.82, 2.24) is 0 Å². The van der Waals surface area contributed by atoms with Crippen molar-refractivity contribution in [2.45, 2.75) is 45.1 Å². The van der Waals surface area contributed by atoms with Crippen LogP contribution in [0.4, 0.5) is 23.2 Å². The third-order valence-corrected chi connectivity index (χ3v) is 6.71. The van der Waals surface area contributed by atoms with Crippen LogP contribution in [0, 0.1) is 34.8 Å². The minimum atomic E-state index is -1.27. The second kappa shape index (κ2) is 11.3. The molecule has 1 fully saturated rings. The fraction of sp³-hybridized carbons (Fsp3) is 0.345. The summed E-state index contributed by atoms with van der Waals surface area (Å²) in [6, 6.07) is 9.41. The Bertz CT molecular complexity index is 1270. The van der Waals surface area contributed by atoms with Gasteiger partial charge < -0.3 is 4.74 Å². The molecule has 0 bridgehead atoms. The lowest BCUT2D eigenvalue weighted by Crippen LogP contribution is -2.40. The summed E-state index contributed by atoms with van der Waals surface area (Å²) in [4.78, 5) is 3.90. The molecule has 1 aliphatic carbocycles. The zero-order chi connectivity index (χ0) is 25.7. The Morgan fingerprint density at radius 3 is 2.36 bits per heavy atom. The molecule has 0 saturated carbocycles. The van der Waals surface area contributed by atoms with Gasteiger partial charge in [0.2, 0.25) is 0 Å². The number of thiocarbonyl (C=S) groups is 1. The van der Waals surface area contributed by atoms with E-state index in [1.807, 2.05) is 0 Å². The fourth-order valence-electron chi connectivity index (χ4n) is 4.89. The first-order valence-electron chi connectivity index (χ1n) is 11.9. The van der Waals surface area contributed by atoms with E-state index in [2.05, 4.69) is 41.1 Å². The van der Waals surface area contributed by atoms with Crippen LogP contribution in [0.5, 0.6) is 0 Å². The van der Waals surface area contributed by atoms with Crippen molar-refractivity contribution >= 4 is 28.6 Å². The minimum absolute atomic E-state index is 0.192. The zero-order valence-electron chi connectivity index (χ0n) is 19.8. The highest BCUT2D eigenvalue weighted by Crippen LogP contribution is 2.48. The number of isothiocyanates is 1. The molecule has 2 aliphatic rings. The number of benzene rings is 2. The molecule has 0 amide bonds. The highest BCUT2D eigenvalue weighted by atomic mass is 32.1. The van der Waals surface area contributed by atoms with E-state index in [1.54, 1.807) is 24.3 Å². The van der Waals surface area contributed by atoms with Crippen molar-refractivity contribution in [3.63, 3.8) is 0 Å². The number of allylic oxidation sites excluding steroid dienone is 3. The molecule has 0 radical (unpaired) electrons. The van der Waals surface area contributed by atoms with E-state index >= 15 is 8.78 Å². The van der Waals surface area contributed by atoms with E-state index < -0.39 is 40.4 Å². The summed E-state index contributed by atoms with van der Waals surface area (Å²) < 4.78 is 64.8. The molecule has 1 heterocycles. The van der Waals surface area contributed by atoms with Gasteiger partial charge in [-0.25, -0.2) is 17.6 Å². The molecule has 2 aromatic rings. The number of ether oxygens (including phenoxy) is 1. The van der Waals surface area contributed by atoms with E-state index in [0.717, 1.165) is 31.4 Å². The lowest BCUT2D eigenvalue weighted by atomic mass is 9.71. The van der Waals surface area contributed by atoms with Gasteiger partial charge in [-0.3, -0.25) is 0 Å². The van der Waals surface area contributed by atoms with E-state index in [4.69, 9.17) is 4.74 Å². The first-order valence-corrected chi connectivity index (χ1v) is 12.3. The van der Waals surface area contributed by atoms with Crippen molar-refractivity contribution in [3.05, 3.63) is 83.0 Å². The Balaban J connectivity index is 1.72. The maximum absolute atomic E-state index is 15.6. The Hall–Kier alpha value is -3.04. The summed E-state index contributed by atoms with van der Waals surface area (Å²) in [6.07, 6.45) is 3.99. The van der Waals surface area contributed by atoms with Crippen LogP contribution in [0.15, 0.2) is 65.2 Å². The van der Waals surface area contributed by atoms with Crippen LogP contribution >= 0.6 is 12.2 Å². The second-order valence-corrected chi connectivity index (χ2v) is 9.38. The van der Waals surface area contributed by atoms with Gasteiger partial charge in [-0.05, 0) is 85.4 Å². The van der Waals surface area contributed by atoms with Crippen molar-refractivity contribution in [2.75, 3.05) is 6.61 Å². The Kier molecular flexibility index (Phi) is 8.21. The first-order chi connectivity index (χ1) is 17.3. The van der Waals surface area contributed by atoms with E-state index in [1.165, 1.54) is 6.08 Å². The summed E-state index contributed by atoms with van der Waals surface area (Å²) in [5, 5.41) is 2.30. The predicted molar refractivity (Wildman–Crippen MR) is 136 cm³/mol. The molecule has 4 rings (SSSR count). The van der Waals surface area contributed by atoms with E-state index in [-0.39, 0.29) is 12.0 Å². The number of halogens is 4. The van der Waals surface area contributed by atoms with Crippen LogP contribution in [-0.2, 0) is 4.74 Å². The molecular formula is C29H25F4NOS. The van der Waals surface area contributed by atoms with Crippen LogP contribution in [-0.4, -0.2) is 17.9 Å². The molecular weight excluding hydrogens is 486 g/mol. The van der Waals surface area contributed by atoms with Crippen LogP contribution in [0.3, 0.4) is 0 Å². The van der Waals surface area contributed by atoms with Crippen molar-refractivity contribution < 1.29 is 22.3 Å². The average Bonchev–Trinajstić information content (AvgIpc) is 2.83. The molecule has 0 N–H and O–H groups in total. The summed E-state index contributed by atoms with van der Waals surface area (Å²) in [7, 11) is 0. The van der Waals surface area contributed by atoms with Crippen molar-refractivity contribution in [3.8, 4) is 11.8 Å². The lowest BCUT2D eigenvalue weighted by Gasteiger charge is -2.40. The molecule has 3 unspecified atom stereocenters. The molecule has 186 valence electrons. The second-order valence-electron chi connectivity index (χ2n) is 9.20. The normalized spacial score (nSPS) is 23.9.